The summed E-state index contributed by atoms with van der Waals surface area (Å²) in [6.07, 6.45) is 3.72. The number of carbonyl (C=O) groups excluding carboxylic acids is 2. The van der Waals surface area contributed by atoms with E-state index in [1.807, 2.05) is 29.4 Å². The molecule has 2 bridgehead atoms. The van der Waals surface area contributed by atoms with Crippen LogP contribution in [0.25, 0.3) is 5.82 Å². The second-order valence-corrected chi connectivity index (χ2v) is 7.67. The summed E-state index contributed by atoms with van der Waals surface area (Å²) in [6, 6.07) is 3.67. The SMILES string of the molecule is CNC(=O)c1ncoc1C1C2CC1N(C(=O)c1cc(C)n(-c3ccon3)c1C)C2. The molecule has 0 radical (unpaired) electrons. The van der Waals surface area contributed by atoms with E-state index in [-0.39, 0.29) is 29.7 Å². The van der Waals surface area contributed by atoms with Crippen molar-refractivity contribution in [1.82, 2.24) is 24.9 Å². The Morgan fingerprint density at radius 1 is 1.31 bits per heavy atom. The number of nitrogens with one attached hydrogen (secondary N) is 1. The molecule has 6 rings (SSSR count). The van der Waals surface area contributed by atoms with E-state index in [9.17, 15) is 9.59 Å². The number of rotatable bonds is 4. The molecule has 3 aromatic rings. The lowest BCUT2D eigenvalue weighted by atomic mass is 9.72. The first-order chi connectivity index (χ1) is 14.0. The van der Waals surface area contributed by atoms with Crippen LogP contribution in [0.5, 0.6) is 0 Å². The molecule has 1 N–H and O–H groups in total. The van der Waals surface area contributed by atoms with Crippen molar-refractivity contribution in [3.05, 3.63) is 53.2 Å². The predicted octanol–water partition coefficient (Wildman–Crippen LogP) is 2.06. The van der Waals surface area contributed by atoms with Gasteiger partial charge in [0.1, 0.15) is 12.0 Å². The minimum absolute atomic E-state index is 0.00720. The normalized spacial score (nSPS) is 22.6. The molecule has 0 aromatic carbocycles. The maximum atomic E-state index is 13.4. The highest BCUT2D eigenvalue weighted by molar-refractivity contribution is 5.97. The van der Waals surface area contributed by atoms with Gasteiger partial charge in [-0.05, 0) is 32.3 Å². The molecule has 9 heteroatoms. The smallest absolute Gasteiger partial charge is 0.273 e. The maximum Gasteiger partial charge on any atom is 0.273 e. The summed E-state index contributed by atoms with van der Waals surface area (Å²) in [7, 11) is 1.57. The number of aryl methyl sites for hydroxylation is 1. The van der Waals surface area contributed by atoms with Gasteiger partial charge in [0.25, 0.3) is 11.8 Å². The fourth-order valence-corrected chi connectivity index (χ4v) is 4.83. The molecule has 2 amide bonds. The highest BCUT2D eigenvalue weighted by Gasteiger charge is 2.56. The zero-order valence-corrected chi connectivity index (χ0v) is 16.4. The van der Waals surface area contributed by atoms with Crippen LogP contribution < -0.4 is 5.32 Å². The van der Waals surface area contributed by atoms with Gasteiger partial charge in [0, 0.05) is 43.0 Å². The fourth-order valence-electron chi connectivity index (χ4n) is 4.83. The number of fused-ring (bicyclic) bond motifs is 1. The van der Waals surface area contributed by atoms with Crippen LogP contribution in [-0.2, 0) is 0 Å². The molecule has 3 aromatic heterocycles. The van der Waals surface area contributed by atoms with Crippen molar-refractivity contribution in [2.45, 2.75) is 32.2 Å². The number of carbonyl (C=O) groups is 2. The van der Waals surface area contributed by atoms with Crippen LogP contribution in [0.1, 0.15) is 50.3 Å². The van der Waals surface area contributed by atoms with Gasteiger partial charge >= 0.3 is 0 Å². The maximum absolute atomic E-state index is 13.4. The summed E-state index contributed by atoms with van der Waals surface area (Å²) < 4.78 is 12.4. The first-order valence-electron chi connectivity index (χ1n) is 9.57. The van der Waals surface area contributed by atoms with Crippen LogP contribution in [0.2, 0.25) is 0 Å². The lowest BCUT2D eigenvalue weighted by Gasteiger charge is -2.35. The Bertz CT molecular complexity index is 1100. The van der Waals surface area contributed by atoms with Crippen LogP contribution in [-0.4, -0.2) is 51.1 Å². The van der Waals surface area contributed by atoms with Crippen molar-refractivity contribution < 1.29 is 18.5 Å². The number of amides is 2. The van der Waals surface area contributed by atoms with E-state index in [4.69, 9.17) is 8.94 Å². The molecule has 5 heterocycles. The number of aromatic nitrogens is 3. The van der Waals surface area contributed by atoms with E-state index < -0.39 is 0 Å². The lowest BCUT2D eigenvalue weighted by molar-refractivity contribution is 0.0729. The monoisotopic (exact) mass is 395 g/mol. The summed E-state index contributed by atoms with van der Waals surface area (Å²) in [5.74, 6) is 1.23. The van der Waals surface area contributed by atoms with E-state index in [0.29, 0.717) is 29.4 Å². The Morgan fingerprint density at radius 2 is 2.14 bits per heavy atom. The summed E-state index contributed by atoms with van der Waals surface area (Å²) >= 11 is 0. The second kappa shape index (κ2) is 6.33. The van der Waals surface area contributed by atoms with Crippen molar-refractivity contribution in [2.75, 3.05) is 13.6 Å². The third-order valence-corrected chi connectivity index (χ3v) is 6.21. The molecule has 1 aliphatic carbocycles. The van der Waals surface area contributed by atoms with Crippen molar-refractivity contribution >= 4 is 11.8 Å². The van der Waals surface area contributed by atoms with Gasteiger partial charge in [0.15, 0.2) is 17.9 Å². The van der Waals surface area contributed by atoms with E-state index in [1.165, 1.54) is 12.7 Å². The minimum Gasteiger partial charge on any atom is -0.447 e. The van der Waals surface area contributed by atoms with Gasteiger partial charge in [-0.2, -0.15) is 0 Å². The Labute approximate surface area is 166 Å². The highest BCUT2D eigenvalue weighted by atomic mass is 16.5. The molecule has 2 aliphatic heterocycles. The molecule has 3 unspecified atom stereocenters. The first-order valence-corrected chi connectivity index (χ1v) is 9.57. The second-order valence-electron chi connectivity index (χ2n) is 7.67. The standard InChI is InChI=1S/C20H21N5O4/c1-10-6-13(11(2)25(10)15-4-5-29-23-15)20(27)24-8-12-7-14(24)16(12)18-17(19(26)21-3)22-9-28-18/h4-6,9,12,14,16H,7-8H2,1-3H3,(H,21,26). The molecular weight excluding hydrogens is 374 g/mol. The molecule has 2 saturated heterocycles. The van der Waals surface area contributed by atoms with E-state index in [0.717, 1.165) is 17.8 Å². The highest BCUT2D eigenvalue weighted by Crippen LogP contribution is 2.53. The molecule has 9 nitrogen and oxygen atoms in total. The Balaban J connectivity index is 1.43. The molecule has 3 aliphatic rings. The summed E-state index contributed by atoms with van der Waals surface area (Å²) in [4.78, 5) is 31.4. The van der Waals surface area contributed by atoms with Crippen molar-refractivity contribution in [2.24, 2.45) is 5.92 Å². The third-order valence-electron chi connectivity index (χ3n) is 6.21. The topological polar surface area (TPSA) is 106 Å². The Hall–Kier alpha value is -3.36. The van der Waals surface area contributed by atoms with Crippen molar-refractivity contribution in [1.29, 1.82) is 0 Å². The first kappa shape index (κ1) is 17.7. The van der Waals surface area contributed by atoms with Crippen LogP contribution in [0.15, 0.2) is 33.7 Å². The molecular formula is C20H21N5O4. The van der Waals surface area contributed by atoms with E-state index >= 15 is 0 Å². The van der Waals surface area contributed by atoms with Gasteiger partial charge in [-0.15, -0.1) is 0 Å². The quantitative estimate of drug-likeness (QED) is 0.725. The minimum atomic E-state index is -0.269. The number of nitrogens with zero attached hydrogens (tertiary/aromatic N) is 4. The molecule has 3 fully saturated rings. The third kappa shape index (κ3) is 2.46. The van der Waals surface area contributed by atoms with Gasteiger partial charge in [-0.25, -0.2) is 4.98 Å². The van der Waals surface area contributed by atoms with E-state index in [2.05, 4.69) is 15.5 Å². The molecule has 29 heavy (non-hydrogen) atoms. The Kier molecular flexibility index (Phi) is 3.87. The molecule has 150 valence electrons. The zero-order valence-electron chi connectivity index (χ0n) is 16.4. The summed E-state index contributed by atoms with van der Waals surface area (Å²) in [5.41, 5.74) is 2.71. The summed E-state index contributed by atoms with van der Waals surface area (Å²) in [5, 5.41) is 6.58. The number of oxazole rings is 1. The molecule has 0 spiro atoms. The van der Waals surface area contributed by atoms with E-state index in [1.54, 1.807) is 13.1 Å². The average molecular weight is 395 g/mol. The van der Waals surface area contributed by atoms with Gasteiger partial charge in [0.05, 0.1) is 5.56 Å². The largest absolute Gasteiger partial charge is 0.447 e. The predicted molar refractivity (Wildman–Crippen MR) is 101 cm³/mol. The van der Waals surface area contributed by atoms with Gasteiger partial charge in [0.2, 0.25) is 0 Å². The van der Waals surface area contributed by atoms with Crippen LogP contribution in [0.4, 0.5) is 0 Å². The van der Waals surface area contributed by atoms with Gasteiger partial charge < -0.3 is 19.2 Å². The molecule has 1 saturated carbocycles. The van der Waals surface area contributed by atoms with Crippen LogP contribution in [0.3, 0.4) is 0 Å². The Morgan fingerprint density at radius 3 is 2.86 bits per heavy atom. The zero-order chi connectivity index (χ0) is 20.3. The lowest BCUT2D eigenvalue weighted by Crippen LogP contribution is -2.40. The van der Waals surface area contributed by atoms with Crippen molar-refractivity contribution in [3.63, 3.8) is 0 Å². The fraction of sp³-hybridized carbons (Fsp3) is 0.400. The molecule has 3 atom stereocenters. The average Bonchev–Trinajstić information content (AvgIpc) is 3.49. The summed E-state index contributed by atoms with van der Waals surface area (Å²) in [6.45, 7) is 4.50. The van der Waals surface area contributed by atoms with Crippen LogP contribution in [0, 0.1) is 19.8 Å². The number of hydrogen-bond donors (Lipinski definition) is 1. The van der Waals surface area contributed by atoms with Crippen molar-refractivity contribution in [3.8, 4) is 5.82 Å². The number of hydrogen-bond acceptors (Lipinski definition) is 6. The van der Waals surface area contributed by atoms with Gasteiger partial charge in [-0.3, -0.25) is 14.2 Å². The van der Waals surface area contributed by atoms with Gasteiger partial charge in [-0.1, -0.05) is 5.16 Å². The van der Waals surface area contributed by atoms with Crippen LogP contribution >= 0.6 is 0 Å².